The SMILES string of the molecule is O=C(Cl)CCc1nnnn1-c1ccccc1. The zero-order valence-electron chi connectivity index (χ0n) is 8.38. The Morgan fingerprint density at radius 2 is 2.06 bits per heavy atom. The number of rotatable bonds is 4. The third-order valence-electron chi connectivity index (χ3n) is 2.08. The highest BCUT2D eigenvalue weighted by Gasteiger charge is 2.08. The van der Waals surface area contributed by atoms with Gasteiger partial charge in [-0.05, 0) is 34.2 Å². The molecular weight excluding hydrogens is 228 g/mol. The van der Waals surface area contributed by atoms with E-state index in [4.69, 9.17) is 11.6 Å². The fraction of sp³-hybridized carbons (Fsp3) is 0.200. The van der Waals surface area contributed by atoms with Gasteiger partial charge in [0.05, 0.1) is 5.69 Å². The molecule has 1 aromatic carbocycles. The van der Waals surface area contributed by atoms with Crippen molar-refractivity contribution >= 4 is 16.8 Å². The Kier molecular flexibility index (Phi) is 3.26. The molecule has 0 atom stereocenters. The van der Waals surface area contributed by atoms with Crippen LogP contribution in [0.1, 0.15) is 12.2 Å². The molecule has 0 unspecified atom stereocenters. The maximum Gasteiger partial charge on any atom is 0.222 e. The first-order valence-corrected chi connectivity index (χ1v) is 5.16. The van der Waals surface area contributed by atoms with Crippen molar-refractivity contribution in [2.75, 3.05) is 0 Å². The lowest BCUT2D eigenvalue weighted by molar-refractivity contribution is -0.111. The summed E-state index contributed by atoms with van der Waals surface area (Å²) >= 11 is 5.28. The number of carbonyl (C=O) groups is 1. The van der Waals surface area contributed by atoms with Crippen molar-refractivity contribution in [1.82, 2.24) is 20.2 Å². The van der Waals surface area contributed by atoms with E-state index < -0.39 is 0 Å². The number of tetrazole rings is 1. The Morgan fingerprint density at radius 1 is 1.31 bits per heavy atom. The summed E-state index contributed by atoms with van der Waals surface area (Å²) in [5.74, 6) is 0.625. The van der Waals surface area contributed by atoms with Crippen LogP contribution in [0, 0.1) is 0 Å². The summed E-state index contributed by atoms with van der Waals surface area (Å²) < 4.78 is 1.60. The number of hydrogen-bond acceptors (Lipinski definition) is 4. The van der Waals surface area contributed by atoms with E-state index in [1.165, 1.54) is 0 Å². The Hall–Kier alpha value is -1.75. The Balaban J connectivity index is 2.23. The second-order valence-corrected chi connectivity index (χ2v) is 3.62. The predicted molar refractivity (Wildman–Crippen MR) is 58.3 cm³/mol. The maximum absolute atomic E-state index is 10.7. The van der Waals surface area contributed by atoms with Crippen LogP contribution in [0.4, 0.5) is 0 Å². The van der Waals surface area contributed by atoms with Crippen LogP contribution in [0.2, 0.25) is 0 Å². The van der Waals surface area contributed by atoms with Gasteiger partial charge in [-0.2, -0.15) is 4.68 Å². The summed E-state index contributed by atoms with van der Waals surface area (Å²) in [6.45, 7) is 0. The van der Waals surface area contributed by atoms with E-state index in [2.05, 4.69) is 15.5 Å². The molecular formula is C10H9ClN4O. The Morgan fingerprint density at radius 3 is 2.75 bits per heavy atom. The van der Waals surface area contributed by atoms with E-state index in [-0.39, 0.29) is 11.7 Å². The van der Waals surface area contributed by atoms with Crippen LogP contribution in [0.5, 0.6) is 0 Å². The molecule has 0 spiro atoms. The van der Waals surface area contributed by atoms with Gasteiger partial charge in [0.2, 0.25) is 5.24 Å². The van der Waals surface area contributed by atoms with E-state index >= 15 is 0 Å². The van der Waals surface area contributed by atoms with Gasteiger partial charge in [-0.15, -0.1) is 5.10 Å². The largest absolute Gasteiger partial charge is 0.281 e. The van der Waals surface area contributed by atoms with Crippen LogP contribution in [0.25, 0.3) is 5.69 Å². The number of aryl methyl sites for hydroxylation is 1. The van der Waals surface area contributed by atoms with Crippen molar-refractivity contribution in [3.05, 3.63) is 36.2 Å². The minimum Gasteiger partial charge on any atom is -0.281 e. The summed E-state index contributed by atoms with van der Waals surface area (Å²) in [6, 6.07) is 9.49. The van der Waals surface area contributed by atoms with Gasteiger partial charge in [0.25, 0.3) is 0 Å². The number of hydrogen-bond donors (Lipinski definition) is 0. The molecule has 0 N–H and O–H groups in total. The smallest absolute Gasteiger partial charge is 0.222 e. The van der Waals surface area contributed by atoms with Crippen molar-refractivity contribution in [3.8, 4) is 5.69 Å². The fourth-order valence-corrected chi connectivity index (χ4v) is 1.44. The average Bonchev–Trinajstić information content (AvgIpc) is 2.75. The number of benzene rings is 1. The zero-order valence-corrected chi connectivity index (χ0v) is 9.13. The minimum atomic E-state index is -0.386. The molecule has 2 aromatic rings. The normalized spacial score (nSPS) is 10.3. The molecule has 16 heavy (non-hydrogen) atoms. The predicted octanol–water partition coefficient (Wildman–Crippen LogP) is 1.36. The summed E-state index contributed by atoms with van der Waals surface area (Å²) in [5, 5.41) is 10.9. The van der Waals surface area contributed by atoms with Crippen molar-refractivity contribution in [2.24, 2.45) is 0 Å². The highest BCUT2D eigenvalue weighted by Crippen LogP contribution is 2.08. The number of carbonyl (C=O) groups excluding carboxylic acids is 1. The lowest BCUT2D eigenvalue weighted by Gasteiger charge is -2.02. The summed E-state index contributed by atoms with van der Waals surface area (Å²) in [5.41, 5.74) is 0.865. The van der Waals surface area contributed by atoms with Crippen molar-refractivity contribution < 1.29 is 4.79 Å². The highest BCUT2D eigenvalue weighted by molar-refractivity contribution is 6.63. The summed E-state index contributed by atoms with van der Waals surface area (Å²) in [6.07, 6.45) is 0.666. The number of nitrogens with zero attached hydrogens (tertiary/aromatic N) is 4. The van der Waals surface area contributed by atoms with Crippen LogP contribution in [0.3, 0.4) is 0 Å². The second-order valence-electron chi connectivity index (χ2n) is 3.20. The molecule has 0 aliphatic carbocycles. The van der Waals surface area contributed by atoms with Gasteiger partial charge < -0.3 is 0 Å². The Labute approximate surface area is 97.0 Å². The molecule has 82 valence electrons. The van der Waals surface area contributed by atoms with E-state index in [1.807, 2.05) is 30.3 Å². The fourth-order valence-electron chi connectivity index (χ4n) is 1.34. The summed E-state index contributed by atoms with van der Waals surface area (Å²) in [4.78, 5) is 10.7. The third kappa shape index (κ3) is 2.43. The van der Waals surface area contributed by atoms with Gasteiger partial charge >= 0.3 is 0 Å². The Bertz CT molecular complexity index is 483. The molecule has 5 nitrogen and oxygen atoms in total. The van der Waals surface area contributed by atoms with Crippen LogP contribution in [-0.2, 0) is 11.2 Å². The molecule has 0 saturated heterocycles. The van der Waals surface area contributed by atoms with Crippen molar-refractivity contribution in [2.45, 2.75) is 12.8 Å². The first-order chi connectivity index (χ1) is 7.77. The topological polar surface area (TPSA) is 60.7 Å². The zero-order chi connectivity index (χ0) is 11.4. The van der Waals surface area contributed by atoms with Crippen LogP contribution >= 0.6 is 11.6 Å². The number of aromatic nitrogens is 4. The molecule has 1 aromatic heterocycles. The van der Waals surface area contributed by atoms with E-state index in [0.29, 0.717) is 12.2 Å². The quantitative estimate of drug-likeness (QED) is 0.752. The standard InChI is InChI=1S/C10H9ClN4O/c11-9(16)6-7-10-12-13-14-15(10)8-4-2-1-3-5-8/h1-5H,6-7H2. The van der Waals surface area contributed by atoms with Crippen LogP contribution in [0.15, 0.2) is 30.3 Å². The molecule has 0 bridgehead atoms. The van der Waals surface area contributed by atoms with Crippen molar-refractivity contribution in [1.29, 1.82) is 0 Å². The van der Waals surface area contributed by atoms with E-state index in [9.17, 15) is 4.79 Å². The first-order valence-electron chi connectivity index (χ1n) is 4.78. The minimum absolute atomic E-state index is 0.231. The molecule has 6 heteroatoms. The summed E-state index contributed by atoms with van der Waals surface area (Å²) in [7, 11) is 0. The van der Waals surface area contributed by atoms with Gasteiger partial charge in [0, 0.05) is 12.8 Å². The lowest BCUT2D eigenvalue weighted by atomic mass is 10.3. The molecule has 0 saturated carbocycles. The molecule has 1 heterocycles. The molecule has 0 aliphatic heterocycles. The third-order valence-corrected chi connectivity index (χ3v) is 2.27. The number of para-hydroxylation sites is 1. The second kappa shape index (κ2) is 4.85. The van der Waals surface area contributed by atoms with Gasteiger partial charge in [-0.1, -0.05) is 18.2 Å². The van der Waals surface area contributed by atoms with Crippen molar-refractivity contribution in [3.63, 3.8) is 0 Å². The molecule has 0 fully saturated rings. The first kappa shape index (κ1) is 10.8. The van der Waals surface area contributed by atoms with Gasteiger partial charge in [-0.25, -0.2) is 0 Å². The maximum atomic E-state index is 10.7. The molecule has 0 radical (unpaired) electrons. The average molecular weight is 237 g/mol. The van der Waals surface area contributed by atoms with Crippen LogP contribution in [-0.4, -0.2) is 25.4 Å². The van der Waals surface area contributed by atoms with E-state index in [1.54, 1.807) is 4.68 Å². The van der Waals surface area contributed by atoms with Gasteiger partial charge in [-0.3, -0.25) is 4.79 Å². The lowest BCUT2D eigenvalue weighted by Crippen LogP contribution is -2.04. The molecule has 2 rings (SSSR count). The van der Waals surface area contributed by atoms with Gasteiger partial charge in [0.1, 0.15) is 0 Å². The number of halogens is 1. The van der Waals surface area contributed by atoms with Gasteiger partial charge in [0.15, 0.2) is 5.82 Å². The highest BCUT2D eigenvalue weighted by atomic mass is 35.5. The van der Waals surface area contributed by atoms with Crippen LogP contribution < -0.4 is 0 Å². The molecule has 0 amide bonds. The van der Waals surface area contributed by atoms with E-state index in [0.717, 1.165) is 5.69 Å². The monoisotopic (exact) mass is 236 g/mol. The molecule has 0 aliphatic rings.